The molecule has 1 saturated heterocycles. The molecule has 9 nitrogen and oxygen atoms in total. The van der Waals surface area contributed by atoms with Gasteiger partial charge in [0.05, 0.1) is 28.0 Å². The number of halogens is 1. The summed E-state index contributed by atoms with van der Waals surface area (Å²) in [5.74, 6) is 0.627. The number of hydrogen-bond donors (Lipinski definition) is 2. The predicted molar refractivity (Wildman–Crippen MR) is 146 cm³/mol. The topological polar surface area (TPSA) is 117 Å². The molecule has 2 aliphatic carbocycles. The number of carbonyl (C=O) groups excluding carboxylic acids is 1. The monoisotopic (exact) mass is 555 g/mol. The van der Waals surface area contributed by atoms with Crippen molar-refractivity contribution in [1.29, 1.82) is 0 Å². The number of aromatic amines is 1. The van der Waals surface area contributed by atoms with Crippen LogP contribution in [0.1, 0.15) is 58.3 Å². The quantitative estimate of drug-likeness (QED) is 0.446. The van der Waals surface area contributed by atoms with Crippen LogP contribution in [0.15, 0.2) is 36.5 Å². The lowest BCUT2D eigenvalue weighted by Crippen LogP contribution is -2.43. The van der Waals surface area contributed by atoms with Gasteiger partial charge >= 0.3 is 0 Å². The minimum absolute atomic E-state index is 0.109. The predicted octanol–water partition coefficient (Wildman–Crippen LogP) is 4.31. The Kier molecular flexibility index (Phi) is 6.83. The Bertz CT molecular complexity index is 1450. The number of piperidine rings is 1. The number of hydrogen-bond acceptors (Lipinski definition) is 7. The van der Waals surface area contributed by atoms with Crippen LogP contribution >= 0.6 is 0 Å². The van der Waals surface area contributed by atoms with Crippen molar-refractivity contribution >= 4 is 32.8 Å². The maximum Gasteiger partial charge on any atom is 0.240 e. The third kappa shape index (κ3) is 5.51. The molecule has 3 aromatic rings. The molecule has 0 unspecified atom stereocenters. The Morgan fingerprint density at radius 3 is 2.46 bits per heavy atom. The molecule has 1 aliphatic heterocycles. The Balaban J connectivity index is 0.962. The highest BCUT2D eigenvalue weighted by atomic mass is 32.2. The molecule has 2 aromatic heterocycles. The van der Waals surface area contributed by atoms with E-state index in [-0.39, 0.29) is 29.9 Å². The number of sulfonamides is 1. The van der Waals surface area contributed by atoms with Crippen molar-refractivity contribution in [3.63, 3.8) is 0 Å². The summed E-state index contributed by atoms with van der Waals surface area (Å²) in [4.78, 5) is 27.1. The van der Waals surface area contributed by atoms with Gasteiger partial charge in [-0.25, -0.2) is 22.8 Å². The smallest absolute Gasteiger partial charge is 0.240 e. The summed E-state index contributed by atoms with van der Waals surface area (Å²) >= 11 is 0. The van der Waals surface area contributed by atoms with Gasteiger partial charge in [0.2, 0.25) is 15.9 Å². The van der Waals surface area contributed by atoms with Crippen LogP contribution in [0.25, 0.3) is 22.4 Å². The number of nitrogens with zero attached hydrogens (tertiary/aromatic N) is 3. The fourth-order valence-corrected chi connectivity index (χ4v) is 6.88. The van der Waals surface area contributed by atoms with Gasteiger partial charge in [0.15, 0.2) is 0 Å². The van der Waals surface area contributed by atoms with Gasteiger partial charge in [0.1, 0.15) is 17.5 Å². The molecule has 0 bridgehead atoms. The molecule has 2 saturated carbocycles. The second-order valence-corrected chi connectivity index (χ2v) is 13.6. The van der Waals surface area contributed by atoms with Gasteiger partial charge in [0, 0.05) is 36.8 Å². The molecule has 0 atom stereocenters. The Morgan fingerprint density at radius 2 is 1.79 bits per heavy atom. The summed E-state index contributed by atoms with van der Waals surface area (Å²) in [6, 6.07) is 8.47. The van der Waals surface area contributed by atoms with Crippen LogP contribution in [0.4, 0.5) is 10.2 Å². The van der Waals surface area contributed by atoms with Gasteiger partial charge in [-0.1, -0.05) is 0 Å². The lowest BCUT2D eigenvalue weighted by atomic mass is 9.87. The number of rotatable bonds is 7. The van der Waals surface area contributed by atoms with Crippen molar-refractivity contribution in [2.75, 3.05) is 18.0 Å². The highest BCUT2D eigenvalue weighted by molar-refractivity contribution is 7.91. The van der Waals surface area contributed by atoms with Gasteiger partial charge < -0.3 is 14.6 Å². The van der Waals surface area contributed by atoms with Crippen LogP contribution in [-0.4, -0.2) is 59.3 Å². The zero-order valence-electron chi connectivity index (χ0n) is 22.0. The molecule has 11 heteroatoms. The SMILES string of the molecule is CC1(S(=O)(=O)NC(=O)[C@H]2CC[C@H](OC3CCN(c4ccc(-c5nc6cc(F)ccc6[nH]5)cn4)CC3)CC2)CC1. The second-order valence-electron chi connectivity index (χ2n) is 11.4. The van der Waals surface area contributed by atoms with Crippen LogP contribution in [0, 0.1) is 11.7 Å². The van der Waals surface area contributed by atoms with Gasteiger partial charge in [0.25, 0.3) is 0 Å². The van der Waals surface area contributed by atoms with E-state index in [0.717, 1.165) is 55.7 Å². The standard InChI is InChI=1S/C28H34FN5O4S/c1-28(12-13-28)39(36,37)33-27(35)18-2-6-21(7-3-18)38-22-10-14-34(15-11-22)25-9-4-19(17-30-25)26-31-23-8-5-20(29)16-24(23)32-26/h4-5,8-9,16-18,21-22H,2-3,6-7,10-15H2,1H3,(H,31,32)(H,33,35)/t18-,21-. The third-order valence-corrected chi connectivity index (χ3v) is 10.7. The second kappa shape index (κ2) is 10.2. The fourth-order valence-electron chi connectivity index (χ4n) is 5.57. The van der Waals surface area contributed by atoms with Gasteiger partial charge in [-0.3, -0.25) is 9.52 Å². The lowest BCUT2D eigenvalue weighted by Gasteiger charge is -2.36. The number of fused-ring (bicyclic) bond motifs is 1. The van der Waals surface area contributed by atoms with Crippen molar-refractivity contribution in [3.8, 4) is 11.4 Å². The van der Waals surface area contributed by atoms with Gasteiger partial charge in [-0.2, -0.15) is 0 Å². The van der Waals surface area contributed by atoms with Crippen LogP contribution in [-0.2, 0) is 19.6 Å². The number of H-pyrrole nitrogens is 1. The van der Waals surface area contributed by atoms with E-state index in [9.17, 15) is 17.6 Å². The molecule has 3 fully saturated rings. The van der Waals surface area contributed by atoms with Crippen molar-refractivity contribution < 1.29 is 22.3 Å². The number of pyridine rings is 1. The van der Waals surface area contributed by atoms with E-state index >= 15 is 0 Å². The first-order chi connectivity index (χ1) is 18.7. The molecular formula is C28H34FN5O4S. The number of carbonyl (C=O) groups is 1. The molecule has 39 heavy (non-hydrogen) atoms. The summed E-state index contributed by atoms with van der Waals surface area (Å²) in [7, 11) is -3.58. The summed E-state index contributed by atoms with van der Waals surface area (Å²) < 4.78 is 46.2. The van der Waals surface area contributed by atoms with Crippen molar-refractivity contribution in [1.82, 2.24) is 19.7 Å². The molecule has 3 aliphatic rings. The summed E-state index contributed by atoms with van der Waals surface area (Å²) in [5.41, 5.74) is 2.21. The number of ether oxygens (including phenoxy) is 1. The van der Waals surface area contributed by atoms with E-state index in [1.165, 1.54) is 12.1 Å². The molecule has 0 spiro atoms. The van der Waals surface area contributed by atoms with E-state index < -0.39 is 14.8 Å². The minimum Gasteiger partial charge on any atom is -0.375 e. The van der Waals surface area contributed by atoms with E-state index in [0.29, 0.717) is 37.0 Å². The molecule has 6 rings (SSSR count). The first-order valence-corrected chi connectivity index (χ1v) is 15.3. The molecular weight excluding hydrogens is 521 g/mol. The Morgan fingerprint density at radius 1 is 1.08 bits per heavy atom. The average Bonchev–Trinajstić information content (AvgIpc) is 3.56. The molecule has 208 valence electrons. The van der Waals surface area contributed by atoms with Gasteiger partial charge in [-0.15, -0.1) is 0 Å². The number of amides is 1. The number of anilines is 1. The molecule has 2 N–H and O–H groups in total. The van der Waals surface area contributed by atoms with Crippen LogP contribution in [0.3, 0.4) is 0 Å². The first kappa shape index (κ1) is 26.2. The van der Waals surface area contributed by atoms with Gasteiger partial charge in [-0.05, 0) is 82.6 Å². The largest absolute Gasteiger partial charge is 0.375 e. The number of nitrogens with one attached hydrogen (secondary N) is 2. The normalized spacial score (nSPS) is 23.6. The summed E-state index contributed by atoms with van der Waals surface area (Å²) in [5, 5.41) is 0. The van der Waals surface area contributed by atoms with E-state index in [4.69, 9.17) is 4.74 Å². The highest BCUT2D eigenvalue weighted by Gasteiger charge is 2.51. The number of benzene rings is 1. The maximum atomic E-state index is 13.5. The van der Waals surface area contributed by atoms with E-state index in [1.807, 2.05) is 12.1 Å². The zero-order chi connectivity index (χ0) is 27.2. The maximum absolute atomic E-state index is 13.5. The van der Waals surface area contributed by atoms with Crippen molar-refractivity contribution in [2.45, 2.75) is 75.2 Å². The highest BCUT2D eigenvalue weighted by Crippen LogP contribution is 2.42. The summed E-state index contributed by atoms with van der Waals surface area (Å²) in [6.45, 7) is 3.38. The Hall–Kier alpha value is -3.05. The lowest BCUT2D eigenvalue weighted by molar-refractivity contribution is -0.125. The fraction of sp³-hybridized carbons (Fsp3) is 0.536. The average molecular weight is 556 g/mol. The zero-order valence-corrected chi connectivity index (χ0v) is 22.8. The molecule has 0 radical (unpaired) electrons. The van der Waals surface area contributed by atoms with Crippen LogP contribution in [0.2, 0.25) is 0 Å². The number of imidazole rings is 1. The van der Waals surface area contributed by atoms with Crippen LogP contribution < -0.4 is 9.62 Å². The minimum atomic E-state index is -3.58. The first-order valence-electron chi connectivity index (χ1n) is 13.8. The molecule has 1 amide bonds. The van der Waals surface area contributed by atoms with E-state index in [1.54, 1.807) is 19.2 Å². The summed E-state index contributed by atoms with van der Waals surface area (Å²) in [6.07, 6.45) is 7.93. The van der Waals surface area contributed by atoms with Crippen molar-refractivity contribution in [2.24, 2.45) is 5.92 Å². The Labute approximate surface area is 227 Å². The number of aromatic nitrogens is 3. The van der Waals surface area contributed by atoms with Crippen molar-refractivity contribution in [3.05, 3.63) is 42.3 Å². The molecule has 3 heterocycles. The van der Waals surface area contributed by atoms with E-state index in [2.05, 4.69) is 24.6 Å². The third-order valence-electron chi connectivity index (χ3n) is 8.50. The van der Waals surface area contributed by atoms with Crippen LogP contribution in [0.5, 0.6) is 0 Å². The molecule has 1 aromatic carbocycles.